The zero-order chi connectivity index (χ0) is 19.6. The van der Waals surface area contributed by atoms with Crippen molar-refractivity contribution in [3.05, 3.63) is 81.0 Å². The van der Waals surface area contributed by atoms with E-state index in [0.717, 1.165) is 18.9 Å². The van der Waals surface area contributed by atoms with Gasteiger partial charge in [0.15, 0.2) is 0 Å². The average molecular weight is 385 g/mol. The van der Waals surface area contributed by atoms with E-state index in [2.05, 4.69) is 10.6 Å². The monoisotopic (exact) mass is 384 g/mol. The predicted octanol–water partition coefficient (Wildman–Crippen LogP) is 3.82. The number of benzene rings is 2. The molecule has 0 aliphatic carbocycles. The highest BCUT2D eigenvalue weighted by atomic mass is 35.5. The maximum atomic E-state index is 12.2. The third-order valence-corrected chi connectivity index (χ3v) is 3.98. The van der Waals surface area contributed by atoms with Gasteiger partial charge in [0.1, 0.15) is 11.6 Å². The molecule has 1 amide bonds. The van der Waals surface area contributed by atoms with Crippen LogP contribution in [0.4, 0.5) is 11.4 Å². The van der Waals surface area contributed by atoms with Gasteiger partial charge in [0, 0.05) is 24.9 Å². The van der Waals surface area contributed by atoms with Crippen molar-refractivity contribution in [1.29, 1.82) is 5.26 Å². The van der Waals surface area contributed by atoms with Gasteiger partial charge in [0.2, 0.25) is 0 Å². The number of nitro groups is 1. The number of nitriles is 1. The van der Waals surface area contributed by atoms with E-state index >= 15 is 0 Å². The molecular weight excluding hydrogens is 368 g/mol. The van der Waals surface area contributed by atoms with Crippen LogP contribution in [-0.4, -0.2) is 17.4 Å². The number of carbonyl (C=O) groups is 1. The summed E-state index contributed by atoms with van der Waals surface area (Å²) in [5, 5.41) is 25.5. The number of amides is 1. The molecule has 0 aromatic heterocycles. The van der Waals surface area contributed by atoms with Crippen LogP contribution in [0, 0.1) is 21.4 Å². The number of carbonyl (C=O) groups excluding carboxylic acids is 1. The first-order chi connectivity index (χ1) is 13.0. The summed E-state index contributed by atoms with van der Waals surface area (Å²) < 4.78 is 0. The number of hydrogen-bond donors (Lipinski definition) is 2. The van der Waals surface area contributed by atoms with Crippen LogP contribution in [0.25, 0.3) is 0 Å². The van der Waals surface area contributed by atoms with Crippen molar-refractivity contribution in [1.82, 2.24) is 5.32 Å². The minimum absolute atomic E-state index is 0.0705. The van der Waals surface area contributed by atoms with Crippen LogP contribution >= 0.6 is 11.6 Å². The molecular formula is C19H17ClN4O3. The highest BCUT2D eigenvalue weighted by Crippen LogP contribution is 2.26. The topological polar surface area (TPSA) is 108 Å². The van der Waals surface area contributed by atoms with Gasteiger partial charge in [-0.2, -0.15) is 5.26 Å². The number of nitrogens with one attached hydrogen (secondary N) is 2. The number of hydrogen-bond acceptors (Lipinski definition) is 5. The van der Waals surface area contributed by atoms with E-state index in [-0.39, 0.29) is 22.0 Å². The molecule has 138 valence electrons. The van der Waals surface area contributed by atoms with E-state index in [1.807, 2.05) is 30.3 Å². The average Bonchev–Trinajstić information content (AvgIpc) is 2.67. The van der Waals surface area contributed by atoms with Crippen LogP contribution in [0.1, 0.15) is 12.0 Å². The Kier molecular flexibility index (Phi) is 7.35. The van der Waals surface area contributed by atoms with E-state index in [0.29, 0.717) is 6.54 Å². The number of aryl methyl sites for hydroxylation is 1. The molecule has 2 aromatic rings. The minimum atomic E-state index is -0.699. The van der Waals surface area contributed by atoms with E-state index in [9.17, 15) is 14.9 Å². The lowest BCUT2D eigenvalue weighted by Gasteiger charge is -2.07. The lowest BCUT2D eigenvalue weighted by atomic mass is 10.1. The number of anilines is 1. The van der Waals surface area contributed by atoms with Gasteiger partial charge in [-0.1, -0.05) is 41.9 Å². The highest BCUT2D eigenvalue weighted by Gasteiger charge is 2.14. The molecule has 8 heteroatoms. The molecule has 0 heterocycles. The first kappa shape index (κ1) is 19.9. The van der Waals surface area contributed by atoms with Crippen molar-refractivity contribution in [2.24, 2.45) is 0 Å². The lowest BCUT2D eigenvalue weighted by Crippen LogP contribution is -2.17. The summed E-state index contributed by atoms with van der Waals surface area (Å²) in [6, 6.07) is 15.4. The van der Waals surface area contributed by atoms with Gasteiger partial charge >= 0.3 is 0 Å². The summed E-state index contributed by atoms with van der Waals surface area (Å²) >= 11 is 5.94. The largest absolute Gasteiger partial charge is 0.390 e. The molecule has 2 rings (SSSR count). The van der Waals surface area contributed by atoms with Gasteiger partial charge in [-0.3, -0.25) is 14.9 Å². The Balaban J connectivity index is 1.91. The third-order valence-electron chi connectivity index (χ3n) is 3.65. The van der Waals surface area contributed by atoms with Crippen LogP contribution in [0.2, 0.25) is 5.02 Å². The third kappa shape index (κ3) is 6.13. The van der Waals surface area contributed by atoms with E-state index in [1.165, 1.54) is 23.9 Å². The smallest absolute Gasteiger partial charge is 0.271 e. The Labute approximate surface area is 161 Å². The van der Waals surface area contributed by atoms with Gasteiger partial charge in [-0.05, 0) is 24.5 Å². The summed E-state index contributed by atoms with van der Waals surface area (Å²) in [5.41, 5.74) is 0.913. The maximum absolute atomic E-state index is 12.2. The second-order valence-corrected chi connectivity index (χ2v) is 6.00. The molecule has 0 fully saturated rings. The van der Waals surface area contributed by atoms with Gasteiger partial charge in [-0.15, -0.1) is 0 Å². The minimum Gasteiger partial charge on any atom is -0.390 e. The molecule has 0 spiro atoms. The van der Waals surface area contributed by atoms with Crippen LogP contribution in [0.5, 0.6) is 0 Å². The molecule has 0 saturated carbocycles. The van der Waals surface area contributed by atoms with Crippen LogP contribution in [-0.2, 0) is 11.2 Å². The summed E-state index contributed by atoms with van der Waals surface area (Å²) in [7, 11) is 0. The standard InChI is InChI=1S/C19H17ClN4O3/c20-17-9-8-16(24(26)27)11-18(17)23-19(25)15(12-21)13-22-10-4-7-14-5-2-1-3-6-14/h1-3,5-6,8-9,11,13,22H,4,7,10H2,(H,23,25)/b15-13-. The van der Waals surface area contributed by atoms with E-state index in [4.69, 9.17) is 16.9 Å². The molecule has 0 aliphatic heterocycles. The Hall–Kier alpha value is -3.37. The normalized spacial score (nSPS) is 10.7. The van der Waals surface area contributed by atoms with Crippen molar-refractivity contribution in [3.8, 4) is 6.07 Å². The molecule has 27 heavy (non-hydrogen) atoms. The Morgan fingerprint density at radius 3 is 2.67 bits per heavy atom. The summed E-state index contributed by atoms with van der Waals surface area (Å²) in [5.74, 6) is -0.699. The van der Waals surface area contributed by atoms with Crippen LogP contribution in [0.15, 0.2) is 60.3 Å². The van der Waals surface area contributed by atoms with Crippen molar-refractivity contribution in [2.45, 2.75) is 12.8 Å². The van der Waals surface area contributed by atoms with Crippen molar-refractivity contribution < 1.29 is 9.72 Å². The number of halogens is 1. The first-order valence-electron chi connectivity index (χ1n) is 8.14. The fraction of sp³-hybridized carbons (Fsp3) is 0.158. The number of nitro benzene ring substituents is 1. The Bertz CT molecular complexity index is 892. The summed E-state index contributed by atoms with van der Waals surface area (Å²) in [4.78, 5) is 22.4. The second kappa shape index (κ2) is 9.94. The Morgan fingerprint density at radius 1 is 1.26 bits per heavy atom. The van der Waals surface area contributed by atoms with Crippen molar-refractivity contribution in [2.75, 3.05) is 11.9 Å². The highest BCUT2D eigenvalue weighted by molar-refractivity contribution is 6.34. The van der Waals surface area contributed by atoms with E-state index in [1.54, 1.807) is 6.07 Å². The zero-order valence-electron chi connectivity index (χ0n) is 14.3. The Morgan fingerprint density at radius 2 is 2.00 bits per heavy atom. The SMILES string of the molecule is N#C/C(=C/NCCCc1ccccc1)C(=O)Nc1cc([N+](=O)[O-])ccc1Cl. The van der Waals surface area contributed by atoms with Crippen molar-refractivity contribution >= 4 is 28.9 Å². The van der Waals surface area contributed by atoms with Gasteiger partial charge in [0.05, 0.1) is 15.6 Å². The van der Waals surface area contributed by atoms with E-state index < -0.39 is 10.8 Å². The molecule has 0 atom stereocenters. The lowest BCUT2D eigenvalue weighted by molar-refractivity contribution is -0.384. The summed E-state index contributed by atoms with van der Waals surface area (Å²) in [6.45, 7) is 0.588. The maximum Gasteiger partial charge on any atom is 0.271 e. The molecule has 2 N–H and O–H groups in total. The first-order valence-corrected chi connectivity index (χ1v) is 8.52. The zero-order valence-corrected chi connectivity index (χ0v) is 15.1. The van der Waals surface area contributed by atoms with Crippen LogP contribution < -0.4 is 10.6 Å². The molecule has 0 radical (unpaired) electrons. The molecule has 0 unspecified atom stereocenters. The second-order valence-electron chi connectivity index (χ2n) is 5.59. The quantitative estimate of drug-likeness (QED) is 0.236. The summed E-state index contributed by atoms with van der Waals surface area (Å²) in [6.07, 6.45) is 3.03. The molecule has 2 aromatic carbocycles. The number of non-ortho nitro benzene ring substituents is 1. The fourth-order valence-corrected chi connectivity index (χ4v) is 2.44. The molecule has 0 aliphatic rings. The molecule has 0 saturated heterocycles. The van der Waals surface area contributed by atoms with Gasteiger partial charge in [-0.25, -0.2) is 0 Å². The fourth-order valence-electron chi connectivity index (χ4n) is 2.27. The van der Waals surface area contributed by atoms with Crippen LogP contribution in [0.3, 0.4) is 0 Å². The number of nitrogens with zero attached hydrogens (tertiary/aromatic N) is 2. The predicted molar refractivity (Wildman–Crippen MR) is 103 cm³/mol. The van der Waals surface area contributed by atoms with Gasteiger partial charge < -0.3 is 10.6 Å². The number of rotatable bonds is 8. The van der Waals surface area contributed by atoms with Gasteiger partial charge in [0.25, 0.3) is 11.6 Å². The molecule has 0 bridgehead atoms. The molecule has 7 nitrogen and oxygen atoms in total. The van der Waals surface area contributed by atoms with Crippen molar-refractivity contribution in [3.63, 3.8) is 0 Å².